The van der Waals surface area contributed by atoms with Crippen LogP contribution in [0.4, 0.5) is 0 Å². The van der Waals surface area contributed by atoms with E-state index in [1.165, 1.54) is 0 Å². The third-order valence-corrected chi connectivity index (χ3v) is 2.63. The van der Waals surface area contributed by atoms with Crippen LogP contribution in [0.1, 0.15) is 32.8 Å². The lowest BCUT2D eigenvalue weighted by molar-refractivity contribution is 0.297. The summed E-state index contributed by atoms with van der Waals surface area (Å²) < 4.78 is 11.2. The van der Waals surface area contributed by atoms with Crippen molar-refractivity contribution in [3.05, 3.63) is 23.8 Å². The van der Waals surface area contributed by atoms with E-state index in [9.17, 15) is 0 Å². The van der Waals surface area contributed by atoms with E-state index in [-0.39, 0.29) is 0 Å². The third kappa shape index (κ3) is 5.23. The lowest BCUT2D eigenvalue weighted by atomic mass is 10.1. The van der Waals surface area contributed by atoms with Crippen LogP contribution >= 0.6 is 0 Å². The van der Waals surface area contributed by atoms with Crippen molar-refractivity contribution in [1.82, 2.24) is 5.32 Å². The second kappa shape index (κ2) is 8.44. The summed E-state index contributed by atoms with van der Waals surface area (Å²) in [7, 11) is 1.66. The number of hydrogen-bond acceptors (Lipinski definition) is 3. The van der Waals surface area contributed by atoms with Crippen LogP contribution in [-0.4, -0.2) is 19.8 Å². The average molecular weight is 261 g/mol. The summed E-state index contributed by atoms with van der Waals surface area (Å²) in [5.41, 5.74) is 1.11. The van der Waals surface area contributed by atoms with E-state index in [0.717, 1.165) is 30.0 Å². The Morgan fingerprint density at radius 1 is 1.32 bits per heavy atom. The van der Waals surface area contributed by atoms with Crippen LogP contribution in [0.25, 0.3) is 0 Å². The zero-order valence-electron chi connectivity index (χ0n) is 12.2. The monoisotopic (exact) mass is 261 g/mol. The maximum atomic E-state index is 5.83. The van der Waals surface area contributed by atoms with Crippen LogP contribution < -0.4 is 14.8 Å². The molecule has 1 N–H and O–H groups in total. The first-order chi connectivity index (χ1) is 9.19. The van der Waals surface area contributed by atoms with Gasteiger partial charge in [0.05, 0.1) is 13.7 Å². The predicted octanol–water partition coefficient (Wildman–Crippen LogP) is 2.99. The topological polar surface area (TPSA) is 30.5 Å². The van der Waals surface area contributed by atoms with Crippen molar-refractivity contribution >= 4 is 0 Å². The van der Waals surface area contributed by atoms with Crippen molar-refractivity contribution in [1.29, 1.82) is 0 Å². The second-order valence-corrected chi connectivity index (χ2v) is 4.51. The molecule has 0 amide bonds. The molecule has 0 saturated carbocycles. The molecule has 0 aliphatic heterocycles. The maximum Gasteiger partial charge on any atom is 0.165 e. The second-order valence-electron chi connectivity index (χ2n) is 4.51. The minimum atomic E-state index is 0.435. The Morgan fingerprint density at radius 3 is 2.74 bits per heavy atom. The van der Waals surface area contributed by atoms with Gasteiger partial charge in [-0.05, 0) is 13.0 Å². The van der Waals surface area contributed by atoms with Gasteiger partial charge in [-0.15, -0.1) is 11.8 Å². The fraction of sp³-hybridized carbons (Fsp3) is 0.500. The van der Waals surface area contributed by atoms with Crippen molar-refractivity contribution in [3.63, 3.8) is 0 Å². The summed E-state index contributed by atoms with van der Waals surface area (Å²) in [6, 6.07) is 6.39. The van der Waals surface area contributed by atoms with Gasteiger partial charge in [0.2, 0.25) is 0 Å². The minimum Gasteiger partial charge on any atom is -0.493 e. The number of ether oxygens (including phenoxy) is 2. The van der Waals surface area contributed by atoms with Gasteiger partial charge in [0.25, 0.3) is 0 Å². The van der Waals surface area contributed by atoms with Crippen molar-refractivity contribution < 1.29 is 9.47 Å². The molecule has 104 valence electrons. The smallest absolute Gasteiger partial charge is 0.165 e. The van der Waals surface area contributed by atoms with Gasteiger partial charge >= 0.3 is 0 Å². The Balaban J connectivity index is 2.79. The van der Waals surface area contributed by atoms with E-state index in [2.05, 4.69) is 37.1 Å². The number of benzene rings is 1. The van der Waals surface area contributed by atoms with Gasteiger partial charge in [-0.2, -0.15) is 0 Å². The Morgan fingerprint density at radius 2 is 2.11 bits per heavy atom. The van der Waals surface area contributed by atoms with Crippen molar-refractivity contribution in [3.8, 4) is 23.3 Å². The predicted molar refractivity (Wildman–Crippen MR) is 78.5 cm³/mol. The zero-order chi connectivity index (χ0) is 14.1. The molecule has 0 unspecified atom stereocenters. The molecule has 1 aromatic carbocycles. The number of para-hydroxylation sites is 1. The number of rotatable bonds is 7. The summed E-state index contributed by atoms with van der Waals surface area (Å²) in [5, 5.41) is 3.39. The molecule has 0 bridgehead atoms. The fourth-order valence-corrected chi connectivity index (χ4v) is 1.67. The fourth-order valence-electron chi connectivity index (χ4n) is 1.67. The van der Waals surface area contributed by atoms with E-state index in [4.69, 9.17) is 9.47 Å². The first kappa shape index (κ1) is 15.4. The molecular formula is C16H23NO2. The van der Waals surface area contributed by atoms with E-state index in [1.54, 1.807) is 7.11 Å². The Hall–Kier alpha value is -1.66. The summed E-state index contributed by atoms with van der Waals surface area (Å²) in [5.74, 6) is 7.44. The Labute approximate surface area is 116 Å². The number of nitrogens with one attached hydrogen (secondary N) is 1. The van der Waals surface area contributed by atoms with Crippen LogP contribution in [0.3, 0.4) is 0 Å². The maximum absolute atomic E-state index is 5.83. The summed E-state index contributed by atoms with van der Waals surface area (Å²) >= 11 is 0. The molecule has 0 radical (unpaired) electrons. The molecule has 0 fully saturated rings. The van der Waals surface area contributed by atoms with E-state index in [0.29, 0.717) is 12.6 Å². The number of methoxy groups -OCH3 is 1. The van der Waals surface area contributed by atoms with E-state index in [1.807, 2.05) is 19.1 Å². The van der Waals surface area contributed by atoms with Gasteiger partial charge in [0.1, 0.15) is 0 Å². The molecule has 3 heteroatoms. The SMILES string of the molecule is CC#CCCOc1c(CNC(C)C)cccc1OC. The molecule has 0 heterocycles. The van der Waals surface area contributed by atoms with Gasteiger partial charge < -0.3 is 14.8 Å². The molecule has 0 aromatic heterocycles. The van der Waals surface area contributed by atoms with Crippen LogP contribution in [0.15, 0.2) is 18.2 Å². The lowest BCUT2D eigenvalue weighted by Crippen LogP contribution is -2.22. The molecule has 3 nitrogen and oxygen atoms in total. The van der Waals surface area contributed by atoms with Crippen LogP contribution in [-0.2, 0) is 6.54 Å². The number of hydrogen-bond donors (Lipinski definition) is 1. The molecule has 0 spiro atoms. The van der Waals surface area contributed by atoms with E-state index < -0.39 is 0 Å². The van der Waals surface area contributed by atoms with Crippen LogP contribution in [0.5, 0.6) is 11.5 Å². The highest BCUT2D eigenvalue weighted by Crippen LogP contribution is 2.31. The summed E-state index contributed by atoms with van der Waals surface area (Å²) in [6.07, 6.45) is 0.728. The molecule has 0 saturated heterocycles. The van der Waals surface area contributed by atoms with Crippen molar-refractivity contribution in [2.24, 2.45) is 0 Å². The highest BCUT2D eigenvalue weighted by molar-refractivity contribution is 5.46. The molecular weight excluding hydrogens is 238 g/mol. The lowest BCUT2D eigenvalue weighted by Gasteiger charge is -2.16. The van der Waals surface area contributed by atoms with Crippen LogP contribution in [0, 0.1) is 11.8 Å². The Bertz CT molecular complexity index is 444. The van der Waals surface area contributed by atoms with Gasteiger partial charge in [0, 0.05) is 24.6 Å². The summed E-state index contributed by atoms with van der Waals surface area (Å²) in [4.78, 5) is 0. The molecule has 0 aliphatic rings. The van der Waals surface area contributed by atoms with Crippen LogP contribution in [0.2, 0.25) is 0 Å². The quantitative estimate of drug-likeness (QED) is 0.604. The molecule has 1 rings (SSSR count). The zero-order valence-corrected chi connectivity index (χ0v) is 12.2. The summed E-state index contributed by atoms with van der Waals surface area (Å²) in [6.45, 7) is 7.43. The molecule has 0 aliphatic carbocycles. The van der Waals surface area contributed by atoms with Gasteiger partial charge in [-0.1, -0.05) is 26.0 Å². The normalized spacial score (nSPS) is 9.95. The first-order valence-corrected chi connectivity index (χ1v) is 6.60. The molecule has 0 atom stereocenters. The minimum absolute atomic E-state index is 0.435. The Kier molecular flexibility index (Phi) is 6.84. The largest absolute Gasteiger partial charge is 0.493 e. The van der Waals surface area contributed by atoms with Gasteiger partial charge in [-0.3, -0.25) is 0 Å². The van der Waals surface area contributed by atoms with Crippen molar-refractivity contribution in [2.45, 2.75) is 39.8 Å². The van der Waals surface area contributed by atoms with Crippen molar-refractivity contribution in [2.75, 3.05) is 13.7 Å². The highest BCUT2D eigenvalue weighted by Gasteiger charge is 2.10. The highest BCUT2D eigenvalue weighted by atomic mass is 16.5. The standard InChI is InChI=1S/C16H23NO2/c1-5-6-7-11-19-16-14(12-17-13(2)3)9-8-10-15(16)18-4/h8-10,13,17H,7,11-12H2,1-4H3. The third-order valence-electron chi connectivity index (χ3n) is 2.63. The van der Waals surface area contributed by atoms with Gasteiger partial charge in [-0.25, -0.2) is 0 Å². The van der Waals surface area contributed by atoms with Gasteiger partial charge in [0.15, 0.2) is 11.5 Å². The average Bonchev–Trinajstić information content (AvgIpc) is 2.41. The van der Waals surface area contributed by atoms with E-state index >= 15 is 0 Å². The molecule has 1 aromatic rings. The molecule has 19 heavy (non-hydrogen) atoms. The first-order valence-electron chi connectivity index (χ1n) is 6.60.